The molecule has 1 atom stereocenters. The summed E-state index contributed by atoms with van der Waals surface area (Å²) >= 11 is 7.05. The Balaban J connectivity index is 1.99. The number of methoxy groups -OCH3 is 1. The summed E-state index contributed by atoms with van der Waals surface area (Å²) in [4.78, 5) is 9.31. The first kappa shape index (κ1) is 25.1. The molecule has 1 aromatic carbocycles. The van der Waals surface area contributed by atoms with E-state index in [1.807, 2.05) is 45.0 Å². The molecule has 1 unspecified atom stereocenters. The second-order valence-electron chi connectivity index (χ2n) is 9.15. The van der Waals surface area contributed by atoms with Gasteiger partial charge in [-0.3, -0.25) is 4.99 Å². The number of allylic oxidation sites excluding steroid dienone is 2. The number of halogens is 1. The second-order valence-corrected chi connectivity index (χ2v) is 9.53. The number of rotatable bonds is 7. The van der Waals surface area contributed by atoms with E-state index in [1.54, 1.807) is 25.0 Å². The highest BCUT2D eigenvalue weighted by Gasteiger charge is 2.40. The van der Waals surface area contributed by atoms with Gasteiger partial charge >= 0.3 is 0 Å². The monoisotopic (exact) mass is 493 g/mol. The lowest BCUT2D eigenvalue weighted by atomic mass is 9.80. The highest BCUT2D eigenvalue weighted by molar-refractivity contribution is 6.36. The van der Waals surface area contributed by atoms with E-state index in [4.69, 9.17) is 21.3 Å². The minimum Gasteiger partial charge on any atom is -0.481 e. The Bertz CT molecular complexity index is 1340. The number of nitrogens with zero attached hydrogens (tertiary/aromatic N) is 5. The zero-order valence-electron chi connectivity index (χ0n) is 21.0. The molecule has 1 N–H and O–H groups in total. The van der Waals surface area contributed by atoms with Crippen molar-refractivity contribution in [2.75, 3.05) is 7.11 Å². The van der Waals surface area contributed by atoms with Gasteiger partial charge in [-0.1, -0.05) is 48.4 Å². The number of pyridine rings is 1. The Morgan fingerprint density at radius 3 is 2.60 bits per heavy atom. The fraction of sp³-hybridized carbons (Fsp3) is 0.407. The number of benzene rings is 1. The summed E-state index contributed by atoms with van der Waals surface area (Å²) < 4.78 is 7.21. The maximum Gasteiger partial charge on any atom is 0.218 e. The van der Waals surface area contributed by atoms with Crippen LogP contribution in [-0.4, -0.2) is 37.9 Å². The average Bonchev–Trinajstić information content (AvgIpc) is 3.50. The number of ether oxygens (including phenoxy) is 1. The van der Waals surface area contributed by atoms with E-state index in [-0.39, 0.29) is 0 Å². The Morgan fingerprint density at radius 1 is 1.31 bits per heavy atom. The van der Waals surface area contributed by atoms with Crippen LogP contribution >= 0.6 is 11.6 Å². The van der Waals surface area contributed by atoms with Crippen molar-refractivity contribution in [3.8, 4) is 5.88 Å². The molecule has 1 fully saturated rings. The van der Waals surface area contributed by atoms with Gasteiger partial charge in [0.05, 0.1) is 29.5 Å². The van der Waals surface area contributed by atoms with E-state index in [0.29, 0.717) is 50.6 Å². The van der Waals surface area contributed by atoms with Crippen molar-refractivity contribution in [3.05, 3.63) is 70.2 Å². The van der Waals surface area contributed by atoms with E-state index >= 15 is 0 Å². The summed E-state index contributed by atoms with van der Waals surface area (Å²) in [6.45, 7) is 9.45. The predicted molar refractivity (Wildman–Crippen MR) is 140 cm³/mol. The largest absolute Gasteiger partial charge is 0.481 e. The van der Waals surface area contributed by atoms with Gasteiger partial charge in [-0.25, -0.2) is 9.67 Å². The highest BCUT2D eigenvalue weighted by Crippen LogP contribution is 2.46. The topological polar surface area (TPSA) is 85.4 Å². The van der Waals surface area contributed by atoms with Gasteiger partial charge in [0, 0.05) is 35.0 Å². The SMILES string of the molecule is C=C(C)N=C(C)/C(=C\C)C(O)(c1ccc2nc(OC)c(C3CCCC3)c(Cl)c2c1)c1cnnn1C. The van der Waals surface area contributed by atoms with Crippen LogP contribution in [0.2, 0.25) is 5.02 Å². The van der Waals surface area contributed by atoms with Crippen molar-refractivity contribution in [2.24, 2.45) is 12.0 Å². The fourth-order valence-electron chi connectivity index (χ4n) is 5.25. The lowest BCUT2D eigenvalue weighted by molar-refractivity contribution is 0.117. The molecule has 1 aliphatic rings. The summed E-state index contributed by atoms with van der Waals surface area (Å²) in [5.74, 6) is 0.890. The molecule has 2 aromatic heterocycles. The van der Waals surface area contributed by atoms with Gasteiger partial charge in [-0.15, -0.1) is 5.10 Å². The lowest BCUT2D eigenvalue weighted by Gasteiger charge is -2.32. The summed E-state index contributed by atoms with van der Waals surface area (Å²) in [5, 5.41) is 21.9. The number of aryl methyl sites for hydroxylation is 1. The Morgan fingerprint density at radius 2 is 2.03 bits per heavy atom. The predicted octanol–water partition coefficient (Wildman–Crippen LogP) is 5.86. The van der Waals surface area contributed by atoms with Gasteiger partial charge in [-0.2, -0.15) is 0 Å². The number of aliphatic hydroxyl groups is 1. The third-order valence-corrected chi connectivity index (χ3v) is 7.22. The van der Waals surface area contributed by atoms with Crippen LogP contribution in [-0.2, 0) is 12.6 Å². The van der Waals surface area contributed by atoms with Gasteiger partial charge in [0.15, 0.2) is 5.60 Å². The lowest BCUT2D eigenvalue weighted by Crippen LogP contribution is -2.35. The second kappa shape index (κ2) is 9.91. The van der Waals surface area contributed by atoms with Crippen LogP contribution in [0.25, 0.3) is 10.9 Å². The molecule has 8 heteroatoms. The summed E-state index contributed by atoms with van der Waals surface area (Å²) in [5.41, 5.74) is 3.10. The van der Waals surface area contributed by atoms with Crippen molar-refractivity contribution in [1.29, 1.82) is 0 Å². The molecule has 0 aliphatic heterocycles. The zero-order valence-corrected chi connectivity index (χ0v) is 21.7. The summed E-state index contributed by atoms with van der Waals surface area (Å²) in [6.07, 6.45) is 7.89. The third-order valence-electron chi connectivity index (χ3n) is 6.81. The van der Waals surface area contributed by atoms with Gasteiger partial charge in [0.2, 0.25) is 5.88 Å². The van der Waals surface area contributed by atoms with Crippen molar-refractivity contribution in [3.63, 3.8) is 0 Å². The molecule has 3 aromatic rings. The van der Waals surface area contributed by atoms with Crippen molar-refractivity contribution >= 4 is 28.2 Å². The Hall–Kier alpha value is -3.03. The number of aromatic nitrogens is 4. The molecule has 7 nitrogen and oxygen atoms in total. The van der Waals surface area contributed by atoms with E-state index < -0.39 is 5.60 Å². The van der Waals surface area contributed by atoms with Gasteiger partial charge in [-0.05, 0) is 57.2 Å². The van der Waals surface area contributed by atoms with Crippen LogP contribution in [0.3, 0.4) is 0 Å². The Kier molecular flexibility index (Phi) is 7.10. The minimum atomic E-state index is -1.58. The highest BCUT2D eigenvalue weighted by atomic mass is 35.5. The molecule has 184 valence electrons. The van der Waals surface area contributed by atoms with E-state index in [1.165, 1.54) is 12.8 Å². The molecule has 2 heterocycles. The van der Waals surface area contributed by atoms with Crippen LogP contribution in [0.1, 0.15) is 69.2 Å². The third kappa shape index (κ3) is 4.39. The number of hydrogen-bond acceptors (Lipinski definition) is 6. The van der Waals surface area contributed by atoms with Crippen LogP contribution < -0.4 is 4.74 Å². The maximum absolute atomic E-state index is 12.4. The molecule has 4 rings (SSSR count). The normalized spacial score (nSPS) is 17.1. The van der Waals surface area contributed by atoms with Crippen LogP contribution in [0.15, 0.2) is 53.3 Å². The molecule has 0 spiro atoms. The van der Waals surface area contributed by atoms with Crippen LogP contribution in [0.4, 0.5) is 0 Å². The first-order valence-electron chi connectivity index (χ1n) is 11.8. The zero-order chi connectivity index (χ0) is 25.3. The molecule has 0 amide bonds. The average molecular weight is 494 g/mol. The molecule has 1 aliphatic carbocycles. The summed E-state index contributed by atoms with van der Waals surface area (Å²) in [6, 6.07) is 5.63. The van der Waals surface area contributed by atoms with Gasteiger partial charge in [0.25, 0.3) is 0 Å². The first-order valence-corrected chi connectivity index (χ1v) is 12.2. The first-order chi connectivity index (χ1) is 16.7. The quantitative estimate of drug-likeness (QED) is 0.416. The van der Waals surface area contributed by atoms with E-state index in [2.05, 4.69) is 21.9 Å². The minimum absolute atomic E-state index is 0.314. The van der Waals surface area contributed by atoms with Crippen LogP contribution in [0, 0.1) is 0 Å². The number of fused-ring (bicyclic) bond motifs is 1. The van der Waals surface area contributed by atoms with Crippen molar-refractivity contribution < 1.29 is 9.84 Å². The summed E-state index contributed by atoms with van der Waals surface area (Å²) in [7, 11) is 3.39. The molecule has 35 heavy (non-hydrogen) atoms. The fourth-order valence-corrected chi connectivity index (χ4v) is 5.64. The van der Waals surface area contributed by atoms with Gasteiger partial charge < -0.3 is 9.84 Å². The Labute approximate surface area is 211 Å². The molecular formula is C27H32ClN5O2. The molecule has 0 radical (unpaired) electrons. The maximum atomic E-state index is 12.4. The smallest absolute Gasteiger partial charge is 0.218 e. The molecular weight excluding hydrogens is 462 g/mol. The molecule has 0 bridgehead atoms. The van der Waals surface area contributed by atoms with E-state index in [0.717, 1.165) is 23.8 Å². The number of aliphatic imine (C=N–C) groups is 1. The molecule has 1 saturated carbocycles. The number of hydrogen-bond donors (Lipinski definition) is 1. The molecule has 0 saturated heterocycles. The van der Waals surface area contributed by atoms with Crippen molar-refractivity contribution in [1.82, 2.24) is 20.0 Å². The van der Waals surface area contributed by atoms with Crippen molar-refractivity contribution in [2.45, 2.75) is 58.0 Å². The van der Waals surface area contributed by atoms with Crippen LogP contribution in [0.5, 0.6) is 5.88 Å². The standard InChI is InChI=1S/C27H32ClN5O2/c1-7-21(17(4)30-16(2)3)27(34,23-15-29-32-33(23)5)19-12-13-22-20(14-19)25(28)24(26(31-22)35-6)18-10-8-9-11-18/h7,12-15,18,34H,2,8-11H2,1,3-6H3/b21-7+,30-17?. The van der Waals surface area contributed by atoms with E-state index in [9.17, 15) is 5.11 Å². The van der Waals surface area contributed by atoms with Gasteiger partial charge in [0.1, 0.15) is 0 Å².